The molecule has 0 unspecified atom stereocenters. The Balaban J connectivity index is 3.23. The molecule has 0 saturated carbocycles. The third-order valence-electron chi connectivity index (χ3n) is 1.20. The van der Waals surface area contributed by atoms with Gasteiger partial charge in [-0.15, -0.1) is 0 Å². The lowest BCUT2D eigenvalue weighted by Crippen LogP contribution is -1.95. The maximum Gasteiger partial charge on any atom is 0.134 e. The van der Waals surface area contributed by atoms with Crippen molar-refractivity contribution in [1.82, 2.24) is 4.98 Å². The largest absolute Gasteiger partial charge is 0.508 e. The van der Waals surface area contributed by atoms with E-state index in [0.29, 0.717) is 5.56 Å². The molecular weight excluding hydrogens is 208 g/mol. The normalized spacial score (nSPS) is 9.55. The van der Waals surface area contributed by atoms with Crippen LogP contribution in [0.15, 0.2) is 23.3 Å². The van der Waals surface area contributed by atoms with Crippen molar-refractivity contribution in [3.63, 3.8) is 0 Å². The third-order valence-corrected chi connectivity index (χ3v) is 1.63. The van der Waals surface area contributed by atoms with Crippen LogP contribution in [0.25, 0.3) is 5.76 Å². The van der Waals surface area contributed by atoms with Crippen molar-refractivity contribution in [1.29, 1.82) is 0 Å². The fraction of sp³-hybridized carbons (Fsp3) is 0. The van der Waals surface area contributed by atoms with Crippen LogP contribution in [-0.2, 0) is 0 Å². The van der Waals surface area contributed by atoms with Gasteiger partial charge >= 0.3 is 0 Å². The highest BCUT2D eigenvalue weighted by Gasteiger charge is 2.02. The molecule has 1 aromatic rings. The molecule has 1 rings (SSSR count). The summed E-state index contributed by atoms with van der Waals surface area (Å²) in [7, 11) is 0. The molecule has 1 heterocycles. The predicted octanol–water partition coefficient (Wildman–Crippen LogP) is 1.96. The predicted molar refractivity (Wildman–Crippen MR) is 48.0 cm³/mol. The first kappa shape index (κ1) is 8.07. The lowest BCUT2D eigenvalue weighted by atomic mass is 10.2. The molecule has 11 heavy (non-hydrogen) atoms. The van der Waals surface area contributed by atoms with Crippen molar-refractivity contribution in [3.8, 4) is 0 Å². The maximum absolute atomic E-state index is 8.99. The van der Waals surface area contributed by atoms with Crippen molar-refractivity contribution >= 4 is 27.5 Å². The molecule has 0 aromatic carbocycles. The summed E-state index contributed by atoms with van der Waals surface area (Å²) in [6.45, 7) is 3.34. The van der Waals surface area contributed by atoms with Crippen LogP contribution in [0.3, 0.4) is 0 Å². The Bertz CT molecular complexity index is 298. The van der Waals surface area contributed by atoms with E-state index in [-0.39, 0.29) is 11.6 Å². The van der Waals surface area contributed by atoms with Gasteiger partial charge in [-0.25, -0.2) is 4.98 Å². The Labute approximate surface area is 72.7 Å². The maximum atomic E-state index is 8.99. The smallest absolute Gasteiger partial charge is 0.134 e. The first-order chi connectivity index (χ1) is 5.11. The highest BCUT2D eigenvalue weighted by Crippen LogP contribution is 2.19. The fourth-order valence-electron chi connectivity index (χ4n) is 0.681. The number of nitrogens with zero attached hydrogens (tertiary/aromatic N) is 1. The Kier molecular flexibility index (Phi) is 2.14. The summed E-state index contributed by atoms with van der Waals surface area (Å²) in [4.78, 5) is 3.81. The molecule has 1 aromatic heterocycles. The van der Waals surface area contributed by atoms with Crippen LogP contribution in [-0.4, -0.2) is 10.1 Å². The molecule has 3 nitrogen and oxygen atoms in total. The monoisotopic (exact) mass is 214 g/mol. The minimum Gasteiger partial charge on any atom is -0.508 e. The van der Waals surface area contributed by atoms with E-state index in [4.69, 9.17) is 10.8 Å². The summed E-state index contributed by atoms with van der Waals surface area (Å²) in [5.74, 6) is 0.206. The van der Waals surface area contributed by atoms with E-state index in [0.717, 1.165) is 4.47 Å². The van der Waals surface area contributed by atoms with Crippen LogP contribution in [0.1, 0.15) is 5.56 Å². The number of aromatic nitrogens is 1. The summed E-state index contributed by atoms with van der Waals surface area (Å²) >= 11 is 3.19. The molecule has 0 radical (unpaired) electrons. The Morgan fingerprint density at radius 1 is 1.73 bits per heavy atom. The Hall–Kier alpha value is -1.03. The summed E-state index contributed by atoms with van der Waals surface area (Å²) in [5, 5.41) is 8.99. The minimum atomic E-state index is -0.0729. The van der Waals surface area contributed by atoms with Crippen LogP contribution in [0.2, 0.25) is 0 Å². The Morgan fingerprint density at radius 2 is 2.36 bits per heavy atom. The van der Waals surface area contributed by atoms with Crippen LogP contribution < -0.4 is 5.73 Å². The average molecular weight is 215 g/mol. The fourth-order valence-corrected chi connectivity index (χ4v) is 1.01. The molecule has 0 aliphatic rings. The topological polar surface area (TPSA) is 59.1 Å². The van der Waals surface area contributed by atoms with Crippen LogP contribution >= 0.6 is 15.9 Å². The summed E-state index contributed by atoms with van der Waals surface area (Å²) in [6.07, 6.45) is 1.56. The number of aliphatic hydroxyl groups is 1. The van der Waals surface area contributed by atoms with Gasteiger partial charge in [0.15, 0.2) is 0 Å². The van der Waals surface area contributed by atoms with E-state index >= 15 is 0 Å². The van der Waals surface area contributed by atoms with E-state index in [1.807, 2.05) is 0 Å². The zero-order chi connectivity index (χ0) is 8.43. The zero-order valence-corrected chi connectivity index (χ0v) is 7.30. The second-order valence-corrected chi connectivity index (χ2v) is 2.95. The van der Waals surface area contributed by atoms with E-state index in [1.54, 1.807) is 12.3 Å². The van der Waals surface area contributed by atoms with Crippen LogP contribution in [0.4, 0.5) is 5.82 Å². The van der Waals surface area contributed by atoms with Crippen LogP contribution in [0, 0.1) is 0 Å². The lowest BCUT2D eigenvalue weighted by Gasteiger charge is -2.01. The molecule has 0 saturated heterocycles. The number of nitrogens with two attached hydrogens (primary N) is 1. The van der Waals surface area contributed by atoms with Crippen LogP contribution in [0.5, 0.6) is 0 Å². The van der Waals surface area contributed by atoms with E-state index in [2.05, 4.69) is 27.5 Å². The SMILES string of the molecule is C=C(O)c1cc(Br)cnc1N. The van der Waals surface area contributed by atoms with Crippen molar-refractivity contribution in [2.75, 3.05) is 5.73 Å². The standard InChI is InChI=1S/C7H7BrN2O/c1-4(11)6-2-5(8)3-10-7(6)9/h2-3,11H,1H2,(H2,9,10). The third kappa shape index (κ3) is 1.71. The van der Waals surface area contributed by atoms with Gasteiger partial charge in [-0.05, 0) is 22.0 Å². The van der Waals surface area contributed by atoms with E-state index in [1.165, 1.54) is 0 Å². The summed E-state index contributed by atoms with van der Waals surface area (Å²) < 4.78 is 0.761. The number of rotatable bonds is 1. The van der Waals surface area contributed by atoms with Gasteiger partial charge in [0.25, 0.3) is 0 Å². The highest BCUT2D eigenvalue weighted by atomic mass is 79.9. The molecule has 0 aliphatic carbocycles. The van der Waals surface area contributed by atoms with Crippen molar-refractivity contribution in [2.45, 2.75) is 0 Å². The van der Waals surface area contributed by atoms with Gasteiger partial charge in [0.1, 0.15) is 11.6 Å². The molecule has 0 aliphatic heterocycles. The molecule has 0 spiro atoms. The quantitative estimate of drug-likeness (QED) is 0.704. The van der Waals surface area contributed by atoms with Gasteiger partial charge in [-0.1, -0.05) is 6.58 Å². The number of nitrogen functional groups attached to an aromatic ring is 1. The molecule has 0 amide bonds. The Morgan fingerprint density at radius 3 is 2.82 bits per heavy atom. The first-order valence-electron chi connectivity index (χ1n) is 2.90. The number of pyridine rings is 1. The second-order valence-electron chi connectivity index (χ2n) is 2.03. The van der Waals surface area contributed by atoms with Gasteiger partial charge in [0.05, 0.1) is 5.56 Å². The average Bonchev–Trinajstić information content (AvgIpc) is 1.94. The number of halogens is 1. The minimum absolute atomic E-state index is 0.0729. The number of anilines is 1. The van der Waals surface area contributed by atoms with E-state index in [9.17, 15) is 0 Å². The molecule has 58 valence electrons. The second kappa shape index (κ2) is 2.92. The highest BCUT2D eigenvalue weighted by molar-refractivity contribution is 9.10. The number of hydrogen-bond donors (Lipinski definition) is 2. The number of aliphatic hydroxyl groups excluding tert-OH is 1. The van der Waals surface area contributed by atoms with Crippen molar-refractivity contribution in [2.24, 2.45) is 0 Å². The molecule has 3 N–H and O–H groups in total. The molecule has 4 heteroatoms. The van der Waals surface area contributed by atoms with Gasteiger partial charge in [0, 0.05) is 10.7 Å². The van der Waals surface area contributed by atoms with Gasteiger partial charge in [0.2, 0.25) is 0 Å². The van der Waals surface area contributed by atoms with Gasteiger partial charge in [-0.2, -0.15) is 0 Å². The number of hydrogen-bond acceptors (Lipinski definition) is 3. The van der Waals surface area contributed by atoms with Gasteiger partial charge < -0.3 is 10.8 Å². The summed E-state index contributed by atoms with van der Waals surface area (Å²) in [5.41, 5.74) is 5.90. The van der Waals surface area contributed by atoms with E-state index < -0.39 is 0 Å². The van der Waals surface area contributed by atoms with Crippen molar-refractivity contribution in [3.05, 3.63) is 28.9 Å². The molecular formula is C7H7BrN2O. The zero-order valence-electron chi connectivity index (χ0n) is 5.71. The van der Waals surface area contributed by atoms with Crippen molar-refractivity contribution < 1.29 is 5.11 Å². The molecule has 0 bridgehead atoms. The summed E-state index contributed by atoms with van der Waals surface area (Å²) in [6, 6.07) is 1.66. The van der Waals surface area contributed by atoms with Gasteiger partial charge in [-0.3, -0.25) is 0 Å². The lowest BCUT2D eigenvalue weighted by molar-refractivity contribution is 0.514. The molecule has 0 fully saturated rings. The first-order valence-corrected chi connectivity index (χ1v) is 3.70. The molecule has 0 atom stereocenters.